The van der Waals surface area contributed by atoms with E-state index in [0.29, 0.717) is 5.56 Å². The molecular formula is C20H22F3N3O3S. The first-order valence-electron chi connectivity index (χ1n) is 9.11. The van der Waals surface area contributed by atoms with Crippen LogP contribution in [-0.2, 0) is 19.3 Å². The standard InChI is InChI=1S/C20H22F3N3O3S/c1-20(2)26(19(27)18(22)23)15(10-21)17(29-20)13-6-4-12(5-7-13)14-8-9-16(25-11-14)30(3,24)28/h4-9,11,15,17-18,24H,10H2,1-3H3/t15-,17+,30?/m0/s1. The first kappa shape index (κ1) is 22.2. The van der Waals surface area contributed by atoms with Gasteiger partial charge in [-0.1, -0.05) is 30.3 Å². The highest BCUT2D eigenvalue weighted by Crippen LogP contribution is 2.42. The van der Waals surface area contributed by atoms with E-state index in [4.69, 9.17) is 9.52 Å². The van der Waals surface area contributed by atoms with Gasteiger partial charge in [-0.3, -0.25) is 4.79 Å². The number of pyridine rings is 1. The van der Waals surface area contributed by atoms with E-state index >= 15 is 0 Å². The van der Waals surface area contributed by atoms with Crippen LogP contribution in [0.3, 0.4) is 0 Å². The van der Waals surface area contributed by atoms with Gasteiger partial charge >= 0.3 is 6.43 Å². The molecule has 6 nitrogen and oxygen atoms in total. The number of carbonyl (C=O) groups is 1. The number of hydrogen-bond acceptors (Lipinski definition) is 5. The second kappa shape index (κ2) is 7.99. The molecule has 1 aromatic heterocycles. The highest BCUT2D eigenvalue weighted by molar-refractivity contribution is 7.91. The fourth-order valence-electron chi connectivity index (χ4n) is 3.60. The molecule has 1 aliphatic heterocycles. The van der Waals surface area contributed by atoms with Gasteiger partial charge in [0.25, 0.3) is 5.91 Å². The maximum Gasteiger partial charge on any atom is 0.315 e. The molecule has 30 heavy (non-hydrogen) atoms. The van der Waals surface area contributed by atoms with Crippen LogP contribution in [0.4, 0.5) is 13.2 Å². The Morgan fingerprint density at radius 3 is 2.30 bits per heavy atom. The molecule has 162 valence electrons. The van der Waals surface area contributed by atoms with E-state index in [9.17, 15) is 22.2 Å². The van der Waals surface area contributed by atoms with Crippen molar-refractivity contribution in [1.82, 2.24) is 9.88 Å². The molecule has 2 aromatic rings. The maximum absolute atomic E-state index is 13.8. The molecule has 1 unspecified atom stereocenters. The lowest BCUT2D eigenvalue weighted by Gasteiger charge is -2.32. The van der Waals surface area contributed by atoms with Gasteiger partial charge in [0.1, 0.15) is 23.5 Å². The number of aromatic nitrogens is 1. The molecule has 0 bridgehead atoms. The van der Waals surface area contributed by atoms with Crippen molar-refractivity contribution in [2.75, 3.05) is 12.9 Å². The topological polar surface area (TPSA) is 83.3 Å². The number of rotatable bonds is 5. The molecule has 1 saturated heterocycles. The van der Waals surface area contributed by atoms with Crippen LogP contribution in [0.15, 0.2) is 47.6 Å². The fourth-order valence-corrected chi connectivity index (χ4v) is 4.18. The molecule has 1 aliphatic rings. The van der Waals surface area contributed by atoms with E-state index in [-0.39, 0.29) is 5.03 Å². The molecule has 0 aliphatic carbocycles. The molecule has 0 saturated carbocycles. The Morgan fingerprint density at radius 2 is 1.83 bits per heavy atom. The van der Waals surface area contributed by atoms with Crippen LogP contribution in [0.5, 0.6) is 0 Å². The van der Waals surface area contributed by atoms with Crippen LogP contribution in [0.2, 0.25) is 0 Å². The van der Waals surface area contributed by atoms with E-state index < -0.39 is 46.6 Å². The third kappa shape index (κ3) is 4.20. The Morgan fingerprint density at radius 1 is 1.23 bits per heavy atom. The first-order chi connectivity index (χ1) is 14.0. The van der Waals surface area contributed by atoms with Crippen LogP contribution in [0.25, 0.3) is 11.1 Å². The second-order valence-corrected chi connectivity index (χ2v) is 9.67. The van der Waals surface area contributed by atoms with E-state index in [1.54, 1.807) is 30.3 Å². The Hall–Kier alpha value is -2.46. The summed E-state index contributed by atoms with van der Waals surface area (Å²) in [5, 5.41) is 0.180. The number of alkyl halides is 3. The predicted octanol–water partition coefficient (Wildman–Crippen LogP) is 4.02. The van der Waals surface area contributed by atoms with Gasteiger partial charge in [-0.25, -0.2) is 18.4 Å². The summed E-state index contributed by atoms with van der Waals surface area (Å²) in [6.07, 6.45) is -1.35. The Labute approximate surface area is 173 Å². The normalized spacial score (nSPS) is 22.8. The predicted molar refractivity (Wildman–Crippen MR) is 105 cm³/mol. The Kier molecular flexibility index (Phi) is 5.92. The minimum Gasteiger partial charge on any atom is -0.346 e. The third-order valence-electron chi connectivity index (χ3n) is 4.97. The molecule has 0 spiro atoms. The zero-order chi connectivity index (χ0) is 22.3. The molecule has 1 N–H and O–H groups in total. The van der Waals surface area contributed by atoms with Gasteiger partial charge in [0, 0.05) is 18.0 Å². The lowest BCUT2D eigenvalue weighted by molar-refractivity contribution is -0.159. The molecule has 3 atom stereocenters. The van der Waals surface area contributed by atoms with Crippen LogP contribution in [-0.4, -0.2) is 51.1 Å². The van der Waals surface area contributed by atoms with E-state index in [2.05, 4.69) is 4.98 Å². The highest BCUT2D eigenvalue weighted by atomic mass is 32.2. The summed E-state index contributed by atoms with van der Waals surface area (Å²) in [5.41, 5.74) is 0.654. The molecule has 0 radical (unpaired) electrons. The minimum absolute atomic E-state index is 0.180. The number of amides is 1. The molecule has 2 heterocycles. The zero-order valence-electron chi connectivity index (χ0n) is 16.6. The Bertz CT molecular complexity index is 1030. The molecule has 1 fully saturated rings. The smallest absolute Gasteiger partial charge is 0.315 e. The van der Waals surface area contributed by atoms with Crippen molar-refractivity contribution in [3.63, 3.8) is 0 Å². The van der Waals surface area contributed by atoms with Crippen molar-refractivity contribution in [3.8, 4) is 11.1 Å². The summed E-state index contributed by atoms with van der Waals surface area (Å²) in [5.74, 6) is -1.46. The highest BCUT2D eigenvalue weighted by Gasteiger charge is 2.52. The van der Waals surface area contributed by atoms with Gasteiger partial charge in [-0.05, 0) is 31.0 Å². The second-order valence-electron chi connectivity index (χ2n) is 7.57. The number of ether oxygens (including phenoxy) is 1. The number of hydrogen-bond donors (Lipinski definition) is 1. The third-order valence-corrected chi connectivity index (χ3v) is 6.01. The van der Waals surface area contributed by atoms with Crippen molar-refractivity contribution in [1.29, 1.82) is 4.78 Å². The van der Waals surface area contributed by atoms with Gasteiger partial charge in [0.05, 0.1) is 15.8 Å². The van der Waals surface area contributed by atoms with E-state index in [1.165, 1.54) is 32.4 Å². The molecule has 10 heteroatoms. The van der Waals surface area contributed by atoms with Crippen molar-refractivity contribution >= 4 is 15.6 Å². The molecule has 1 amide bonds. The van der Waals surface area contributed by atoms with Crippen LogP contribution < -0.4 is 0 Å². The fraction of sp³-hybridized carbons (Fsp3) is 0.400. The quantitative estimate of drug-likeness (QED) is 0.760. The summed E-state index contributed by atoms with van der Waals surface area (Å²) in [4.78, 5) is 16.8. The van der Waals surface area contributed by atoms with Crippen molar-refractivity contribution in [2.24, 2.45) is 0 Å². The summed E-state index contributed by atoms with van der Waals surface area (Å²) >= 11 is 0. The van der Waals surface area contributed by atoms with Crippen molar-refractivity contribution in [3.05, 3.63) is 48.2 Å². The minimum atomic E-state index is -3.25. The van der Waals surface area contributed by atoms with Gasteiger partial charge < -0.3 is 9.64 Å². The van der Waals surface area contributed by atoms with Gasteiger partial charge in [-0.15, -0.1) is 0 Å². The average molecular weight is 441 g/mol. The summed E-state index contributed by atoms with van der Waals surface area (Å²) in [6, 6.07) is 8.87. The average Bonchev–Trinajstić information content (AvgIpc) is 2.97. The number of nitrogens with zero attached hydrogens (tertiary/aromatic N) is 2. The summed E-state index contributed by atoms with van der Waals surface area (Å²) in [6.45, 7) is 1.88. The van der Waals surface area contributed by atoms with E-state index in [0.717, 1.165) is 16.0 Å². The van der Waals surface area contributed by atoms with Gasteiger partial charge in [0.15, 0.2) is 0 Å². The van der Waals surface area contributed by atoms with Crippen LogP contribution in [0.1, 0.15) is 25.5 Å². The van der Waals surface area contributed by atoms with E-state index in [1.807, 2.05) is 0 Å². The summed E-state index contributed by atoms with van der Waals surface area (Å²) in [7, 11) is -2.91. The largest absolute Gasteiger partial charge is 0.346 e. The number of benzene rings is 1. The van der Waals surface area contributed by atoms with Crippen LogP contribution >= 0.6 is 0 Å². The summed E-state index contributed by atoms with van der Waals surface area (Å²) < 4.78 is 64.9. The molecular weight excluding hydrogens is 419 g/mol. The Balaban J connectivity index is 1.88. The van der Waals surface area contributed by atoms with Crippen molar-refractivity contribution in [2.45, 2.75) is 43.2 Å². The van der Waals surface area contributed by atoms with Crippen LogP contribution in [0, 0.1) is 4.78 Å². The monoisotopic (exact) mass is 441 g/mol. The van der Waals surface area contributed by atoms with Crippen molar-refractivity contribution < 1.29 is 26.9 Å². The van der Waals surface area contributed by atoms with Gasteiger partial charge in [0.2, 0.25) is 0 Å². The molecule has 1 aromatic carbocycles. The molecule has 3 rings (SSSR count). The maximum atomic E-state index is 13.8. The van der Waals surface area contributed by atoms with Gasteiger partial charge in [-0.2, -0.15) is 8.78 Å². The first-order valence-corrected chi connectivity index (χ1v) is 11.1. The SMILES string of the molecule is CC1(C)O[C@H](c2ccc(-c3ccc(S(C)(=N)=O)nc3)cc2)[C@H](CF)N1C(=O)C(F)F. The zero-order valence-corrected chi connectivity index (χ0v) is 17.5. The lowest BCUT2D eigenvalue weighted by atomic mass is 9.99. The lowest BCUT2D eigenvalue weighted by Crippen LogP contribution is -2.51. The number of nitrogens with one attached hydrogen (secondary N) is 1. The number of halogens is 3. The number of carbonyl (C=O) groups excluding carboxylic acids is 1.